The van der Waals surface area contributed by atoms with E-state index >= 15 is 0 Å². The van der Waals surface area contributed by atoms with Crippen molar-refractivity contribution in [3.8, 4) is 0 Å². The molecule has 1 aromatic rings. The van der Waals surface area contributed by atoms with E-state index in [-0.39, 0.29) is 24.5 Å². The van der Waals surface area contributed by atoms with Crippen LogP contribution in [0.2, 0.25) is 0 Å². The van der Waals surface area contributed by atoms with Crippen LogP contribution in [0.1, 0.15) is 43.4 Å². The van der Waals surface area contributed by atoms with Crippen molar-refractivity contribution in [1.82, 2.24) is 10.1 Å². The summed E-state index contributed by atoms with van der Waals surface area (Å²) >= 11 is 0. The van der Waals surface area contributed by atoms with E-state index in [1.54, 1.807) is 14.0 Å². The van der Waals surface area contributed by atoms with Gasteiger partial charge in [-0.25, -0.2) is 4.79 Å². The van der Waals surface area contributed by atoms with E-state index in [0.29, 0.717) is 5.82 Å². The number of carbonyl (C=O) groups excluding carboxylic acids is 1. The third kappa shape index (κ3) is 2.79. The first-order valence-corrected chi connectivity index (χ1v) is 5.13. The number of nitrogens with zero attached hydrogens (tertiary/aromatic N) is 2. The molecule has 90 valence electrons. The number of hydrogen-bond donors (Lipinski definition) is 0. The van der Waals surface area contributed by atoms with Crippen molar-refractivity contribution in [2.24, 2.45) is 5.92 Å². The van der Waals surface area contributed by atoms with E-state index in [1.165, 1.54) is 0 Å². The lowest BCUT2D eigenvalue weighted by Crippen LogP contribution is -2.11. The average molecular weight is 228 g/mol. The monoisotopic (exact) mass is 228 g/mol. The van der Waals surface area contributed by atoms with Crippen LogP contribution in [0, 0.1) is 5.92 Å². The second kappa shape index (κ2) is 5.60. The lowest BCUT2D eigenvalue weighted by molar-refractivity contribution is 0.0470. The Balaban J connectivity index is 2.81. The number of methoxy groups -OCH3 is 1. The molecule has 0 aliphatic rings. The molecule has 16 heavy (non-hydrogen) atoms. The summed E-state index contributed by atoms with van der Waals surface area (Å²) in [6.45, 7) is 5.92. The van der Waals surface area contributed by atoms with Crippen LogP contribution in [0.15, 0.2) is 4.52 Å². The number of aromatic nitrogens is 2. The van der Waals surface area contributed by atoms with Gasteiger partial charge in [-0.1, -0.05) is 19.0 Å². The highest BCUT2D eigenvalue weighted by Gasteiger charge is 2.24. The second-order valence-corrected chi connectivity index (χ2v) is 3.58. The highest BCUT2D eigenvalue weighted by atomic mass is 16.6. The molecule has 0 spiro atoms. The molecule has 1 heterocycles. The molecule has 0 bridgehead atoms. The predicted octanol–water partition coefficient (Wildman–Crippen LogP) is 1.59. The summed E-state index contributed by atoms with van der Waals surface area (Å²) in [5, 5.41) is 3.70. The number of rotatable bonds is 5. The van der Waals surface area contributed by atoms with E-state index < -0.39 is 5.97 Å². The fourth-order valence-corrected chi connectivity index (χ4v) is 1.30. The van der Waals surface area contributed by atoms with Gasteiger partial charge in [-0.3, -0.25) is 0 Å². The number of hydrogen-bond acceptors (Lipinski definition) is 6. The van der Waals surface area contributed by atoms with Crippen LogP contribution in [0.4, 0.5) is 0 Å². The van der Waals surface area contributed by atoms with Crippen molar-refractivity contribution < 1.29 is 18.8 Å². The molecule has 1 rings (SSSR count). The van der Waals surface area contributed by atoms with Gasteiger partial charge in [-0.15, -0.1) is 0 Å². The molecule has 6 nitrogen and oxygen atoms in total. The minimum absolute atomic E-state index is 0.139. The zero-order chi connectivity index (χ0) is 12.1. The Morgan fingerprint density at radius 1 is 1.50 bits per heavy atom. The van der Waals surface area contributed by atoms with Gasteiger partial charge in [0.05, 0.1) is 6.61 Å². The van der Waals surface area contributed by atoms with Crippen molar-refractivity contribution in [3.05, 3.63) is 11.7 Å². The SMILES string of the molecule is CCOC(=O)c1nc(C(OC)C(C)C)no1. The van der Waals surface area contributed by atoms with Crippen LogP contribution in [0.3, 0.4) is 0 Å². The van der Waals surface area contributed by atoms with Crippen molar-refractivity contribution in [2.45, 2.75) is 26.9 Å². The van der Waals surface area contributed by atoms with Gasteiger partial charge in [-0.2, -0.15) is 4.98 Å². The summed E-state index contributed by atoms with van der Waals surface area (Å²) in [6.07, 6.45) is -0.285. The first-order chi connectivity index (χ1) is 7.60. The first-order valence-electron chi connectivity index (χ1n) is 5.13. The van der Waals surface area contributed by atoms with E-state index in [1.807, 2.05) is 13.8 Å². The zero-order valence-electron chi connectivity index (χ0n) is 9.89. The Morgan fingerprint density at radius 2 is 2.19 bits per heavy atom. The molecule has 0 saturated heterocycles. The first kappa shape index (κ1) is 12.6. The molecule has 1 aromatic heterocycles. The minimum atomic E-state index is -0.611. The molecule has 0 aliphatic carbocycles. The normalized spacial score (nSPS) is 12.8. The van der Waals surface area contributed by atoms with Gasteiger partial charge in [0.15, 0.2) is 0 Å². The topological polar surface area (TPSA) is 74.5 Å². The summed E-state index contributed by atoms with van der Waals surface area (Å²) in [6, 6.07) is 0. The molecule has 1 atom stereocenters. The summed E-state index contributed by atoms with van der Waals surface area (Å²) in [7, 11) is 1.56. The molecule has 6 heteroatoms. The smallest absolute Gasteiger partial charge is 0.397 e. The van der Waals surface area contributed by atoms with Crippen molar-refractivity contribution in [2.75, 3.05) is 13.7 Å². The molecular formula is C10H16N2O4. The lowest BCUT2D eigenvalue weighted by atomic mass is 10.1. The molecule has 0 amide bonds. The summed E-state index contributed by atoms with van der Waals surface area (Å²) in [4.78, 5) is 15.2. The van der Waals surface area contributed by atoms with Gasteiger partial charge in [0.2, 0.25) is 5.82 Å². The lowest BCUT2D eigenvalue weighted by Gasteiger charge is -2.14. The Bertz CT molecular complexity index is 348. The van der Waals surface area contributed by atoms with Crippen LogP contribution < -0.4 is 0 Å². The predicted molar refractivity (Wildman–Crippen MR) is 54.8 cm³/mol. The molecule has 1 unspecified atom stereocenters. The van der Waals surface area contributed by atoms with E-state index in [9.17, 15) is 4.79 Å². The largest absolute Gasteiger partial charge is 0.459 e. The maximum absolute atomic E-state index is 11.3. The third-order valence-electron chi connectivity index (χ3n) is 2.01. The molecule has 0 N–H and O–H groups in total. The van der Waals surface area contributed by atoms with Gasteiger partial charge < -0.3 is 14.0 Å². The second-order valence-electron chi connectivity index (χ2n) is 3.58. The molecule has 0 fully saturated rings. The van der Waals surface area contributed by atoms with Crippen LogP contribution in [0.25, 0.3) is 0 Å². The van der Waals surface area contributed by atoms with E-state index in [4.69, 9.17) is 14.0 Å². The highest BCUT2D eigenvalue weighted by molar-refractivity contribution is 5.83. The number of carbonyl (C=O) groups is 1. The van der Waals surface area contributed by atoms with E-state index in [2.05, 4.69) is 10.1 Å². The molecule has 0 radical (unpaired) electrons. The summed E-state index contributed by atoms with van der Waals surface area (Å²) in [5.74, 6) is -0.197. The zero-order valence-corrected chi connectivity index (χ0v) is 9.89. The molecule has 0 saturated carbocycles. The van der Waals surface area contributed by atoms with Crippen LogP contribution in [-0.4, -0.2) is 29.8 Å². The third-order valence-corrected chi connectivity index (χ3v) is 2.01. The fraction of sp³-hybridized carbons (Fsp3) is 0.700. The van der Waals surface area contributed by atoms with Gasteiger partial charge >= 0.3 is 11.9 Å². The van der Waals surface area contributed by atoms with Gasteiger partial charge in [0, 0.05) is 7.11 Å². The van der Waals surface area contributed by atoms with E-state index in [0.717, 1.165) is 0 Å². The van der Waals surface area contributed by atoms with Crippen molar-refractivity contribution >= 4 is 5.97 Å². The van der Waals surface area contributed by atoms with Gasteiger partial charge in [-0.05, 0) is 12.8 Å². The highest BCUT2D eigenvalue weighted by Crippen LogP contribution is 2.22. The van der Waals surface area contributed by atoms with Crippen LogP contribution in [0.5, 0.6) is 0 Å². The van der Waals surface area contributed by atoms with Crippen LogP contribution >= 0.6 is 0 Å². The minimum Gasteiger partial charge on any atom is -0.459 e. The summed E-state index contributed by atoms with van der Waals surface area (Å²) < 4.78 is 14.7. The Morgan fingerprint density at radius 3 is 2.69 bits per heavy atom. The Hall–Kier alpha value is -1.43. The number of esters is 1. The Kier molecular flexibility index (Phi) is 4.42. The fourth-order valence-electron chi connectivity index (χ4n) is 1.30. The summed E-state index contributed by atoms with van der Waals surface area (Å²) in [5.41, 5.74) is 0. The maximum atomic E-state index is 11.3. The van der Waals surface area contributed by atoms with Crippen molar-refractivity contribution in [1.29, 1.82) is 0 Å². The maximum Gasteiger partial charge on any atom is 0.397 e. The van der Waals surface area contributed by atoms with Gasteiger partial charge in [0.25, 0.3) is 0 Å². The Labute approximate surface area is 93.9 Å². The van der Waals surface area contributed by atoms with Crippen LogP contribution in [-0.2, 0) is 9.47 Å². The molecule has 0 aromatic carbocycles. The van der Waals surface area contributed by atoms with Crippen molar-refractivity contribution in [3.63, 3.8) is 0 Å². The average Bonchev–Trinajstić information content (AvgIpc) is 2.68. The number of ether oxygens (including phenoxy) is 2. The quantitative estimate of drug-likeness (QED) is 0.712. The standard InChI is InChI=1S/C10H16N2O4/c1-5-15-10(13)9-11-8(12-16-9)7(14-4)6(2)3/h6-7H,5H2,1-4H3. The van der Waals surface area contributed by atoms with Gasteiger partial charge in [0.1, 0.15) is 6.10 Å². The molecular weight excluding hydrogens is 212 g/mol. The molecule has 0 aliphatic heterocycles.